The van der Waals surface area contributed by atoms with E-state index in [0.717, 1.165) is 0 Å². The smallest absolute Gasteiger partial charge is 0.326 e. The van der Waals surface area contributed by atoms with Gasteiger partial charge in [0.2, 0.25) is 5.91 Å². The van der Waals surface area contributed by atoms with Gasteiger partial charge in [0.05, 0.1) is 4.90 Å². The quantitative estimate of drug-likeness (QED) is 0.480. The molecule has 30 heavy (non-hydrogen) atoms. The summed E-state index contributed by atoms with van der Waals surface area (Å²) >= 11 is 5.61. The van der Waals surface area contributed by atoms with Gasteiger partial charge in [-0.05, 0) is 36.4 Å². The fourth-order valence-corrected chi connectivity index (χ4v) is 3.45. The second-order valence-corrected chi connectivity index (χ2v) is 8.04. The Bertz CT molecular complexity index is 1270. The van der Waals surface area contributed by atoms with E-state index in [1.54, 1.807) is 0 Å². The first kappa shape index (κ1) is 21.2. The van der Waals surface area contributed by atoms with Gasteiger partial charge in [-0.15, -0.1) is 10.2 Å². The fraction of sp³-hybridized carbons (Fsp3) is 0.118. The number of aromatic amines is 1. The van der Waals surface area contributed by atoms with Gasteiger partial charge >= 0.3 is 5.69 Å². The predicted octanol–water partition coefficient (Wildman–Crippen LogP) is 0.810. The zero-order chi connectivity index (χ0) is 21.7. The Labute approximate surface area is 174 Å². The fourth-order valence-electron chi connectivity index (χ4n) is 2.35. The van der Waals surface area contributed by atoms with Crippen LogP contribution < -0.4 is 21.3 Å². The molecule has 0 fully saturated rings. The Morgan fingerprint density at radius 1 is 1.07 bits per heavy atom. The number of nitrogens with one attached hydrogen (secondary N) is 3. The number of aryl methyl sites for hydroxylation is 1. The molecule has 156 valence electrons. The summed E-state index contributed by atoms with van der Waals surface area (Å²) in [7, 11) is -3.90. The lowest BCUT2D eigenvalue weighted by molar-refractivity contribution is -0.116. The summed E-state index contributed by atoms with van der Waals surface area (Å²) in [5, 5.41) is 9.91. The Morgan fingerprint density at radius 2 is 1.80 bits per heavy atom. The number of amides is 1. The summed E-state index contributed by atoms with van der Waals surface area (Å²) in [6.07, 6.45) is 1.27. The van der Waals surface area contributed by atoms with Crippen LogP contribution in [-0.2, 0) is 21.4 Å². The maximum Gasteiger partial charge on any atom is 0.328 e. The molecule has 11 nitrogen and oxygen atoms in total. The van der Waals surface area contributed by atoms with Gasteiger partial charge < -0.3 is 9.88 Å². The van der Waals surface area contributed by atoms with Crippen molar-refractivity contribution >= 4 is 39.0 Å². The van der Waals surface area contributed by atoms with Gasteiger partial charge in [0, 0.05) is 30.9 Å². The SMILES string of the molecule is O=C(CCn1ccc(=O)[nH]c1=O)Nc1ccc(S(=O)(=O)Nc2ccc(Cl)nn2)cc1. The van der Waals surface area contributed by atoms with Crippen molar-refractivity contribution in [2.75, 3.05) is 10.0 Å². The first-order valence-electron chi connectivity index (χ1n) is 8.45. The van der Waals surface area contributed by atoms with E-state index in [0.29, 0.717) is 5.69 Å². The maximum atomic E-state index is 12.4. The minimum absolute atomic E-state index is 0.00859. The molecule has 3 rings (SSSR count). The van der Waals surface area contributed by atoms with Crippen LogP contribution in [0.3, 0.4) is 0 Å². The van der Waals surface area contributed by atoms with Crippen molar-refractivity contribution in [1.29, 1.82) is 0 Å². The third kappa shape index (κ3) is 5.52. The largest absolute Gasteiger partial charge is 0.328 e. The monoisotopic (exact) mass is 450 g/mol. The molecule has 0 aliphatic heterocycles. The normalized spacial score (nSPS) is 11.1. The third-order valence-corrected chi connectivity index (χ3v) is 5.37. The molecule has 0 bridgehead atoms. The Kier molecular flexibility index (Phi) is 6.28. The van der Waals surface area contributed by atoms with E-state index in [1.165, 1.54) is 53.2 Å². The first-order chi connectivity index (χ1) is 14.2. The molecule has 2 aromatic heterocycles. The second-order valence-electron chi connectivity index (χ2n) is 5.97. The number of H-pyrrole nitrogens is 1. The molecule has 0 aliphatic carbocycles. The molecule has 1 aromatic carbocycles. The van der Waals surface area contributed by atoms with Gasteiger partial charge in [0.25, 0.3) is 15.6 Å². The van der Waals surface area contributed by atoms with E-state index in [1.807, 2.05) is 0 Å². The summed E-state index contributed by atoms with van der Waals surface area (Å²) in [6, 6.07) is 9.42. The zero-order valence-corrected chi connectivity index (χ0v) is 16.8. The van der Waals surface area contributed by atoms with Crippen LogP contribution in [0.4, 0.5) is 11.5 Å². The lowest BCUT2D eigenvalue weighted by Crippen LogP contribution is -2.29. The van der Waals surface area contributed by atoms with Crippen LogP contribution in [0.25, 0.3) is 0 Å². The minimum atomic E-state index is -3.90. The van der Waals surface area contributed by atoms with Crippen LogP contribution in [0.5, 0.6) is 0 Å². The number of nitrogens with zero attached hydrogens (tertiary/aromatic N) is 3. The van der Waals surface area contributed by atoms with Crippen molar-refractivity contribution in [2.24, 2.45) is 0 Å². The van der Waals surface area contributed by atoms with Gasteiger partial charge in [-0.25, -0.2) is 13.2 Å². The van der Waals surface area contributed by atoms with E-state index in [9.17, 15) is 22.8 Å². The summed E-state index contributed by atoms with van der Waals surface area (Å²) in [4.78, 5) is 36.7. The number of carbonyl (C=O) groups is 1. The van der Waals surface area contributed by atoms with E-state index >= 15 is 0 Å². The van der Waals surface area contributed by atoms with Crippen molar-refractivity contribution in [3.63, 3.8) is 0 Å². The summed E-state index contributed by atoms with van der Waals surface area (Å²) in [5.41, 5.74) is -0.755. The van der Waals surface area contributed by atoms with E-state index in [2.05, 4.69) is 25.2 Å². The molecular formula is C17H15ClN6O5S. The topological polar surface area (TPSA) is 156 Å². The second kappa shape index (κ2) is 8.88. The molecule has 0 radical (unpaired) electrons. The van der Waals surface area contributed by atoms with Crippen LogP contribution >= 0.6 is 11.6 Å². The molecule has 13 heteroatoms. The average Bonchev–Trinajstić information content (AvgIpc) is 2.69. The molecular weight excluding hydrogens is 436 g/mol. The van der Waals surface area contributed by atoms with E-state index in [-0.39, 0.29) is 28.8 Å². The predicted molar refractivity (Wildman–Crippen MR) is 109 cm³/mol. The number of hydrogen-bond acceptors (Lipinski definition) is 7. The number of aromatic nitrogens is 4. The van der Waals surface area contributed by atoms with Gasteiger partial charge in [0.1, 0.15) is 0 Å². The van der Waals surface area contributed by atoms with Gasteiger partial charge in [0.15, 0.2) is 11.0 Å². The number of sulfonamides is 1. The highest BCUT2D eigenvalue weighted by molar-refractivity contribution is 7.92. The lowest BCUT2D eigenvalue weighted by Gasteiger charge is -2.09. The van der Waals surface area contributed by atoms with E-state index < -0.39 is 27.2 Å². The number of carbonyl (C=O) groups excluding carboxylic acids is 1. The number of benzene rings is 1. The Hall–Kier alpha value is -3.51. The third-order valence-electron chi connectivity index (χ3n) is 3.80. The highest BCUT2D eigenvalue weighted by Crippen LogP contribution is 2.17. The van der Waals surface area contributed by atoms with Crippen LogP contribution in [0, 0.1) is 0 Å². The molecule has 0 aliphatic rings. The summed E-state index contributed by atoms with van der Waals surface area (Å²) < 4.78 is 28.2. The molecule has 1 amide bonds. The van der Waals surface area contributed by atoms with Crippen LogP contribution in [0.1, 0.15) is 6.42 Å². The van der Waals surface area contributed by atoms with E-state index in [4.69, 9.17) is 11.6 Å². The van der Waals surface area contributed by atoms with Crippen molar-refractivity contribution in [3.8, 4) is 0 Å². The molecule has 0 atom stereocenters. The Morgan fingerprint density at radius 3 is 2.43 bits per heavy atom. The van der Waals surface area contributed by atoms with Crippen LogP contribution in [0.2, 0.25) is 5.15 Å². The summed E-state index contributed by atoms with van der Waals surface area (Å²) in [6.45, 7) is 0.0694. The highest BCUT2D eigenvalue weighted by Gasteiger charge is 2.15. The molecule has 3 aromatic rings. The van der Waals surface area contributed by atoms with Gasteiger partial charge in [-0.1, -0.05) is 11.6 Å². The average molecular weight is 451 g/mol. The molecule has 0 spiro atoms. The van der Waals surface area contributed by atoms with Crippen molar-refractivity contribution in [2.45, 2.75) is 17.9 Å². The van der Waals surface area contributed by atoms with Gasteiger partial charge in [-0.3, -0.25) is 19.3 Å². The van der Waals surface area contributed by atoms with Gasteiger partial charge in [-0.2, -0.15) is 0 Å². The lowest BCUT2D eigenvalue weighted by atomic mass is 10.3. The number of anilines is 2. The zero-order valence-electron chi connectivity index (χ0n) is 15.2. The van der Waals surface area contributed by atoms with Crippen molar-refractivity contribution in [1.82, 2.24) is 19.7 Å². The minimum Gasteiger partial charge on any atom is -0.326 e. The molecule has 0 saturated heterocycles. The number of hydrogen-bond donors (Lipinski definition) is 3. The van der Waals surface area contributed by atoms with Crippen molar-refractivity contribution in [3.05, 3.63) is 74.7 Å². The van der Waals surface area contributed by atoms with Crippen molar-refractivity contribution < 1.29 is 13.2 Å². The maximum absolute atomic E-state index is 12.4. The Balaban J connectivity index is 1.60. The molecule has 3 N–H and O–H groups in total. The standard InChI is InChI=1S/C17H15ClN6O5S/c18-13-5-6-14(22-21-13)23-30(28,29)12-3-1-11(2-4-12)19-15(25)7-9-24-10-8-16(26)20-17(24)27/h1-6,8,10H,7,9H2,(H,19,25)(H,22,23)(H,20,26,27). The molecule has 0 saturated carbocycles. The number of rotatable bonds is 7. The highest BCUT2D eigenvalue weighted by atomic mass is 35.5. The first-order valence-corrected chi connectivity index (χ1v) is 10.3. The van der Waals surface area contributed by atoms with Crippen LogP contribution in [0.15, 0.2) is 63.1 Å². The molecule has 0 unspecified atom stereocenters. The van der Waals surface area contributed by atoms with Crippen LogP contribution in [-0.4, -0.2) is 34.1 Å². The molecule has 2 heterocycles. The summed E-state index contributed by atoms with van der Waals surface area (Å²) in [5.74, 6) is -0.382. The number of halogens is 1.